The van der Waals surface area contributed by atoms with Gasteiger partial charge in [0.1, 0.15) is 6.54 Å². The van der Waals surface area contributed by atoms with E-state index in [2.05, 4.69) is 11.1 Å². The third kappa shape index (κ3) is 4.21. The maximum Gasteiger partial charge on any atom is 0.412 e. The van der Waals surface area contributed by atoms with Crippen molar-refractivity contribution in [2.24, 2.45) is 0 Å². The third-order valence-electron chi connectivity index (χ3n) is 5.82. The minimum atomic E-state index is -1.14. The average molecular weight is 430 g/mol. The number of carbonyl (C=O) groups excluding carboxylic acids is 1. The van der Waals surface area contributed by atoms with Crippen molar-refractivity contribution in [3.05, 3.63) is 78.1 Å². The van der Waals surface area contributed by atoms with Crippen LogP contribution in [0.25, 0.3) is 11.1 Å². The summed E-state index contributed by atoms with van der Waals surface area (Å²) in [5.74, 6) is -0.230. The number of benzene rings is 2. The van der Waals surface area contributed by atoms with E-state index in [-0.39, 0.29) is 17.9 Å². The molecule has 4 rings (SSSR count). The molecule has 6 heteroatoms. The summed E-state index contributed by atoms with van der Waals surface area (Å²) in [4.78, 5) is 32.3. The second kappa shape index (κ2) is 8.46. The van der Waals surface area contributed by atoms with Gasteiger partial charge >= 0.3 is 6.09 Å². The van der Waals surface area contributed by atoms with Crippen molar-refractivity contribution in [3.8, 4) is 11.1 Å². The van der Waals surface area contributed by atoms with Crippen molar-refractivity contribution in [3.63, 3.8) is 0 Å². The van der Waals surface area contributed by atoms with E-state index in [0.717, 1.165) is 39.3 Å². The number of pyridine rings is 1. The van der Waals surface area contributed by atoms with Crippen molar-refractivity contribution in [2.45, 2.75) is 32.6 Å². The number of rotatable bonds is 4. The molecule has 0 atom stereocenters. The van der Waals surface area contributed by atoms with Gasteiger partial charge in [-0.1, -0.05) is 45.0 Å². The van der Waals surface area contributed by atoms with Crippen LogP contribution in [0, 0.1) is 0 Å². The molecule has 164 valence electrons. The fourth-order valence-corrected chi connectivity index (χ4v) is 4.20. The monoisotopic (exact) mass is 429 g/mol. The highest BCUT2D eigenvalue weighted by atomic mass is 16.4. The van der Waals surface area contributed by atoms with Crippen molar-refractivity contribution in [1.29, 1.82) is 0 Å². The van der Waals surface area contributed by atoms with Crippen LogP contribution in [0.15, 0.2) is 67.0 Å². The highest BCUT2D eigenvalue weighted by molar-refractivity contribution is 6.03. The van der Waals surface area contributed by atoms with Gasteiger partial charge in [-0.25, -0.2) is 4.79 Å². The van der Waals surface area contributed by atoms with Crippen LogP contribution in [0.2, 0.25) is 0 Å². The lowest BCUT2D eigenvalue weighted by molar-refractivity contribution is -0.117. The number of carboxylic acid groups (broad SMARTS) is 1. The molecule has 0 radical (unpaired) electrons. The summed E-state index contributed by atoms with van der Waals surface area (Å²) in [5.41, 5.74) is 5.27. The zero-order valence-electron chi connectivity index (χ0n) is 18.6. The molecule has 2 heterocycles. The molecule has 32 heavy (non-hydrogen) atoms. The minimum absolute atomic E-state index is 0.228. The Hall–Kier alpha value is -3.67. The fraction of sp³-hybridized carbons (Fsp3) is 0.269. The van der Waals surface area contributed by atoms with E-state index in [1.165, 1.54) is 0 Å². The standard InChI is InChI=1S/C26H27N3O3/c1-26(2,3)21-6-4-5-7-23(21)29(25(31)32)17-24(30)28-15-12-20-16-19(8-9-22(20)28)18-10-13-27-14-11-18/h4-11,13-14,16H,12,15,17H2,1-3H3,(H,31,32). The Kier molecular flexibility index (Phi) is 5.70. The average Bonchev–Trinajstić information content (AvgIpc) is 3.20. The molecule has 0 spiro atoms. The van der Waals surface area contributed by atoms with E-state index in [0.29, 0.717) is 12.2 Å². The SMILES string of the molecule is CC(C)(C)c1ccccc1N(CC(=O)N1CCc2cc(-c3ccncc3)ccc21)C(=O)O. The molecule has 2 aromatic carbocycles. The number of amides is 2. The molecular weight excluding hydrogens is 402 g/mol. The van der Waals surface area contributed by atoms with Gasteiger partial charge < -0.3 is 10.0 Å². The Bertz CT molecular complexity index is 1150. The van der Waals surface area contributed by atoms with E-state index in [1.54, 1.807) is 29.4 Å². The van der Waals surface area contributed by atoms with Gasteiger partial charge in [-0.05, 0) is 64.4 Å². The van der Waals surface area contributed by atoms with Crippen LogP contribution < -0.4 is 9.80 Å². The predicted octanol–water partition coefficient (Wildman–Crippen LogP) is 5.12. The quantitative estimate of drug-likeness (QED) is 0.625. The number of hydrogen-bond donors (Lipinski definition) is 1. The van der Waals surface area contributed by atoms with Crippen LogP contribution in [0.1, 0.15) is 31.9 Å². The number of carbonyl (C=O) groups is 2. The van der Waals surface area contributed by atoms with Gasteiger partial charge in [-0.3, -0.25) is 14.7 Å². The van der Waals surface area contributed by atoms with Crippen LogP contribution >= 0.6 is 0 Å². The minimum Gasteiger partial charge on any atom is -0.465 e. The molecule has 0 saturated heterocycles. The maximum absolute atomic E-state index is 13.2. The molecular formula is C26H27N3O3. The number of nitrogens with zero attached hydrogens (tertiary/aromatic N) is 3. The van der Waals surface area contributed by atoms with Gasteiger partial charge in [0.2, 0.25) is 5.91 Å². The van der Waals surface area contributed by atoms with E-state index >= 15 is 0 Å². The second-order valence-electron chi connectivity index (χ2n) is 9.01. The van der Waals surface area contributed by atoms with Crippen molar-refractivity contribution in [2.75, 3.05) is 22.9 Å². The molecule has 0 bridgehead atoms. The van der Waals surface area contributed by atoms with E-state index < -0.39 is 6.09 Å². The lowest BCUT2D eigenvalue weighted by Crippen LogP contribution is -2.43. The Morgan fingerprint density at radius 2 is 1.75 bits per heavy atom. The molecule has 1 aliphatic heterocycles. The van der Waals surface area contributed by atoms with Crippen LogP contribution in [0.3, 0.4) is 0 Å². The normalized spacial score (nSPS) is 13.0. The summed E-state index contributed by atoms with van der Waals surface area (Å²) in [6.45, 7) is 6.41. The summed E-state index contributed by atoms with van der Waals surface area (Å²) in [5, 5.41) is 9.92. The zero-order valence-corrected chi connectivity index (χ0v) is 18.6. The van der Waals surface area contributed by atoms with Gasteiger partial charge in [0.15, 0.2) is 0 Å². The van der Waals surface area contributed by atoms with Crippen molar-refractivity contribution >= 4 is 23.4 Å². The highest BCUT2D eigenvalue weighted by Gasteiger charge is 2.30. The Morgan fingerprint density at radius 1 is 1.03 bits per heavy atom. The Morgan fingerprint density at radius 3 is 2.44 bits per heavy atom. The molecule has 1 aliphatic rings. The lowest BCUT2D eigenvalue weighted by Gasteiger charge is -2.29. The number of para-hydroxylation sites is 1. The first kappa shape index (κ1) is 21.6. The third-order valence-corrected chi connectivity index (χ3v) is 5.82. The summed E-state index contributed by atoms with van der Waals surface area (Å²) in [6, 6.07) is 17.3. The molecule has 0 unspecified atom stereocenters. The maximum atomic E-state index is 13.2. The molecule has 0 saturated carbocycles. The number of fused-ring (bicyclic) bond motifs is 1. The topological polar surface area (TPSA) is 73.7 Å². The second-order valence-corrected chi connectivity index (χ2v) is 9.01. The van der Waals surface area contributed by atoms with E-state index in [4.69, 9.17) is 0 Å². The molecule has 6 nitrogen and oxygen atoms in total. The molecule has 1 aromatic heterocycles. The fourth-order valence-electron chi connectivity index (χ4n) is 4.20. The lowest BCUT2D eigenvalue weighted by atomic mass is 9.85. The molecule has 0 fully saturated rings. The number of aromatic nitrogens is 1. The van der Waals surface area contributed by atoms with Gasteiger partial charge in [-0.2, -0.15) is 0 Å². The number of hydrogen-bond acceptors (Lipinski definition) is 3. The van der Waals surface area contributed by atoms with Crippen LogP contribution in [-0.2, 0) is 16.6 Å². The Balaban J connectivity index is 1.59. The van der Waals surface area contributed by atoms with Gasteiger partial charge in [-0.15, -0.1) is 0 Å². The molecule has 0 aliphatic carbocycles. The first-order valence-electron chi connectivity index (χ1n) is 10.7. The van der Waals surface area contributed by atoms with Gasteiger partial charge in [0.05, 0.1) is 5.69 Å². The van der Waals surface area contributed by atoms with E-state index in [1.807, 2.05) is 57.2 Å². The molecule has 2 amide bonds. The highest BCUT2D eigenvalue weighted by Crippen LogP contribution is 2.34. The van der Waals surface area contributed by atoms with Crippen molar-refractivity contribution < 1.29 is 14.7 Å². The Labute approximate surface area is 188 Å². The summed E-state index contributed by atoms with van der Waals surface area (Å²) < 4.78 is 0. The first-order valence-corrected chi connectivity index (χ1v) is 10.7. The number of anilines is 2. The van der Waals surface area contributed by atoms with Crippen molar-refractivity contribution in [1.82, 2.24) is 4.98 Å². The van der Waals surface area contributed by atoms with Crippen LogP contribution in [0.4, 0.5) is 16.2 Å². The molecule has 1 N–H and O–H groups in total. The van der Waals surface area contributed by atoms with Gasteiger partial charge in [0, 0.05) is 24.6 Å². The van der Waals surface area contributed by atoms with Gasteiger partial charge in [0.25, 0.3) is 0 Å². The van der Waals surface area contributed by atoms with Crippen LogP contribution in [0.5, 0.6) is 0 Å². The smallest absolute Gasteiger partial charge is 0.412 e. The van der Waals surface area contributed by atoms with Crippen LogP contribution in [-0.4, -0.2) is 35.2 Å². The summed E-state index contributed by atoms with van der Waals surface area (Å²) in [7, 11) is 0. The predicted molar refractivity (Wildman–Crippen MR) is 126 cm³/mol. The largest absolute Gasteiger partial charge is 0.465 e. The zero-order chi connectivity index (χ0) is 22.9. The summed E-state index contributed by atoms with van der Waals surface area (Å²) >= 11 is 0. The summed E-state index contributed by atoms with van der Waals surface area (Å²) in [6.07, 6.45) is 3.12. The first-order chi connectivity index (χ1) is 15.3. The molecule has 3 aromatic rings. The van der Waals surface area contributed by atoms with E-state index in [9.17, 15) is 14.7 Å².